The molecular weight excluding hydrogens is 294 g/mol. The Morgan fingerprint density at radius 3 is 2.67 bits per heavy atom. The van der Waals surface area contributed by atoms with Gasteiger partial charge in [0.05, 0.1) is 4.21 Å². The molecule has 1 N–H and O–H groups in total. The van der Waals surface area contributed by atoms with E-state index in [1.165, 1.54) is 27.3 Å². The minimum atomic E-state index is 0.507. The number of thioether (sulfide) groups is 1. The lowest BCUT2D eigenvalue weighted by Crippen LogP contribution is -2.26. The molecule has 1 unspecified atom stereocenters. The molecule has 1 aliphatic rings. The minimum absolute atomic E-state index is 0.507. The molecule has 112 valence electrons. The summed E-state index contributed by atoms with van der Waals surface area (Å²) in [5.41, 5.74) is 4.30. The maximum Gasteiger partial charge on any atom is 0.0649 e. The fourth-order valence-electron chi connectivity index (χ4n) is 2.80. The van der Waals surface area contributed by atoms with Crippen molar-refractivity contribution in [3.63, 3.8) is 0 Å². The van der Waals surface area contributed by atoms with Gasteiger partial charge in [0.2, 0.25) is 0 Å². The van der Waals surface area contributed by atoms with Crippen molar-refractivity contribution in [2.75, 3.05) is 0 Å². The number of fused-ring (bicyclic) bond motifs is 1. The van der Waals surface area contributed by atoms with Gasteiger partial charge in [0.25, 0.3) is 0 Å². The second-order valence-corrected chi connectivity index (χ2v) is 8.78. The molecule has 21 heavy (non-hydrogen) atoms. The lowest BCUT2D eigenvalue weighted by molar-refractivity contribution is 0.488. The molecule has 0 saturated heterocycles. The Labute approximate surface area is 136 Å². The summed E-state index contributed by atoms with van der Waals surface area (Å²) in [7, 11) is 0. The molecular formula is C18H23NS2. The molecule has 1 aromatic heterocycles. The first-order valence-corrected chi connectivity index (χ1v) is 9.45. The molecule has 0 fully saturated rings. The van der Waals surface area contributed by atoms with Crippen molar-refractivity contribution in [3.8, 4) is 0 Å². The molecule has 3 heteroatoms. The van der Waals surface area contributed by atoms with Gasteiger partial charge in [-0.3, -0.25) is 0 Å². The lowest BCUT2D eigenvalue weighted by atomic mass is 10.0. The zero-order chi connectivity index (χ0) is 14.8. The summed E-state index contributed by atoms with van der Waals surface area (Å²) in [4.78, 5) is 0. The summed E-state index contributed by atoms with van der Waals surface area (Å²) >= 11 is 3.91. The van der Waals surface area contributed by atoms with Crippen LogP contribution in [0.1, 0.15) is 55.8 Å². The van der Waals surface area contributed by atoms with E-state index >= 15 is 0 Å². The molecule has 1 aromatic carbocycles. The van der Waals surface area contributed by atoms with Crippen LogP contribution in [0.4, 0.5) is 0 Å². The van der Waals surface area contributed by atoms with Crippen LogP contribution < -0.4 is 5.32 Å². The Kier molecular flexibility index (Phi) is 4.72. The van der Waals surface area contributed by atoms with Gasteiger partial charge in [0.1, 0.15) is 0 Å². The molecule has 2 aromatic rings. The number of thiophene rings is 1. The van der Waals surface area contributed by atoms with E-state index in [9.17, 15) is 0 Å². The quantitative estimate of drug-likeness (QED) is 0.789. The van der Waals surface area contributed by atoms with Crippen molar-refractivity contribution in [1.29, 1.82) is 0 Å². The maximum absolute atomic E-state index is 3.75. The van der Waals surface area contributed by atoms with Gasteiger partial charge < -0.3 is 5.32 Å². The Bertz CT molecular complexity index is 586. The van der Waals surface area contributed by atoms with E-state index in [1.807, 2.05) is 23.1 Å². The van der Waals surface area contributed by atoms with Crippen LogP contribution in [-0.2, 0) is 6.54 Å². The zero-order valence-corrected chi connectivity index (χ0v) is 14.6. The van der Waals surface area contributed by atoms with E-state index in [0.29, 0.717) is 17.2 Å². The molecule has 0 saturated carbocycles. The summed E-state index contributed by atoms with van der Waals surface area (Å²) in [6.07, 6.45) is 1.22. The second kappa shape index (κ2) is 6.55. The number of hydrogen-bond donors (Lipinski definition) is 1. The number of rotatable bonds is 4. The molecule has 0 amide bonds. The molecule has 1 aliphatic heterocycles. The molecule has 0 radical (unpaired) electrons. The molecule has 2 atom stereocenters. The van der Waals surface area contributed by atoms with Crippen molar-refractivity contribution < 1.29 is 0 Å². The number of nitrogens with one attached hydrogen (secondary N) is 1. The van der Waals surface area contributed by atoms with Gasteiger partial charge in [-0.05, 0) is 40.5 Å². The van der Waals surface area contributed by atoms with Gasteiger partial charge in [0.15, 0.2) is 0 Å². The van der Waals surface area contributed by atoms with Gasteiger partial charge in [0, 0.05) is 17.8 Å². The highest BCUT2D eigenvalue weighted by molar-refractivity contribution is 8.01. The van der Waals surface area contributed by atoms with Gasteiger partial charge in [-0.25, -0.2) is 0 Å². The highest BCUT2D eigenvalue weighted by Crippen LogP contribution is 2.43. The summed E-state index contributed by atoms with van der Waals surface area (Å²) in [5, 5.41) is 6.68. The first-order valence-electron chi connectivity index (χ1n) is 7.69. The zero-order valence-electron chi connectivity index (χ0n) is 12.9. The van der Waals surface area contributed by atoms with E-state index in [0.717, 1.165) is 6.54 Å². The van der Waals surface area contributed by atoms with Crippen LogP contribution in [0.25, 0.3) is 0 Å². The van der Waals surface area contributed by atoms with E-state index in [2.05, 4.69) is 61.8 Å². The van der Waals surface area contributed by atoms with Crippen LogP contribution in [0, 0.1) is 0 Å². The highest BCUT2D eigenvalue weighted by atomic mass is 32.2. The predicted molar refractivity (Wildman–Crippen MR) is 94.4 cm³/mol. The van der Waals surface area contributed by atoms with Gasteiger partial charge in [-0.2, -0.15) is 0 Å². The Balaban J connectivity index is 1.65. The van der Waals surface area contributed by atoms with Crippen LogP contribution in [0.2, 0.25) is 0 Å². The smallest absolute Gasteiger partial charge is 0.0649 e. The van der Waals surface area contributed by atoms with Crippen molar-refractivity contribution in [1.82, 2.24) is 5.32 Å². The summed E-state index contributed by atoms with van der Waals surface area (Å²) < 4.78 is 1.50. The van der Waals surface area contributed by atoms with Gasteiger partial charge in [-0.1, -0.05) is 45.0 Å². The molecule has 3 rings (SSSR count). The number of hydrogen-bond acceptors (Lipinski definition) is 3. The monoisotopic (exact) mass is 317 g/mol. The largest absolute Gasteiger partial charge is 0.306 e. The van der Waals surface area contributed by atoms with Gasteiger partial charge >= 0.3 is 0 Å². The third kappa shape index (κ3) is 3.53. The normalized spacial score (nSPS) is 21.5. The second-order valence-electron chi connectivity index (χ2n) is 6.16. The minimum Gasteiger partial charge on any atom is -0.306 e. The molecule has 0 spiro atoms. The van der Waals surface area contributed by atoms with Crippen LogP contribution in [0.5, 0.6) is 0 Å². The van der Waals surface area contributed by atoms with Crippen molar-refractivity contribution in [2.24, 2.45) is 0 Å². The van der Waals surface area contributed by atoms with E-state index in [-0.39, 0.29) is 0 Å². The first-order chi connectivity index (χ1) is 10.1. The molecule has 1 nitrogen and oxygen atoms in total. The SMILES string of the molecule is CC(C)c1ccc(CNC2C[C@H](C)Sc3sccc32)cc1. The summed E-state index contributed by atoms with van der Waals surface area (Å²) in [6.45, 7) is 7.77. The van der Waals surface area contributed by atoms with Crippen molar-refractivity contribution in [2.45, 2.75) is 55.2 Å². The topological polar surface area (TPSA) is 12.0 Å². The van der Waals surface area contributed by atoms with E-state index < -0.39 is 0 Å². The van der Waals surface area contributed by atoms with Crippen LogP contribution in [-0.4, -0.2) is 5.25 Å². The van der Waals surface area contributed by atoms with Crippen molar-refractivity contribution >= 4 is 23.1 Å². The van der Waals surface area contributed by atoms with Crippen LogP contribution in [0.3, 0.4) is 0 Å². The lowest BCUT2D eigenvalue weighted by Gasteiger charge is -2.27. The highest BCUT2D eigenvalue weighted by Gasteiger charge is 2.25. The van der Waals surface area contributed by atoms with E-state index in [1.54, 1.807) is 0 Å². The number of benzene rings is 1. The third-order valence-corrected chi connectivity index (χ3v) is 6.45. The van der Waals surface area contributed by atoms with Crippen LogP contribution in [0.15, 0.2) is 39.9 Å². The molecule has 0 aliphatic carbocycles. The Morgan fingerprint density at radius 2 is 1.95 bits per heavy atom. The standard InChI is InChI=1S/C18H23NS2/c1-12(2)15-6-4-14(5-7-15)11-19-17-10-13(3)21-18-16(17)8-9-20-18/h4-9,12-13,17,19H,10-11H2,1-3H3/t13-,17?/m0/s1. The van der Waals surface area contributed by atoms with Crippen LogP contribution >= 0.6 is 23.1 Å². The average Bonchev–Trinajstić information content (AvgIpc) is 2.93. The Hall–Kier alpha value is -0.770. The third-order valence-electron chi connectivity index (χ3n) is 4.11. The van der Waals surface area contributed by atoms with Crippen molar-refractivity contribution in [3.05, 3.63) is 52.4 Å². The van der Waals surface area contributed by atoms with E-state index in [4.69, 9.17) is 0 Å². The average molecular weight is 318 g/mol. The molecule has 2 heterocycles. The summed E-state index contributed by atoms with van der Waals surface area (Å²) in [5.74, 6) is 0.608. The van der Waals surface area contributed by atoms with Gasteiger partial charge in [-0.15, -0.1) is 23.1 Å². The fraction of sp³-hybridized carbons (Fsp3) is 0.444. The Morgan fingerprint density at radius 1 is 1.19 bits per heavy atom. The fourth-order valence-corrected chi connectivity index (χ4v) is 5.37. The first kappa shape index (κ1) is 15.1. The molecule has 0 bridgehead atoms. The predicted octanol–water partition coefficient (Wildman–Crippen LogP) is 5.59. The summed E-state index contributed by atoms with van der Waals surface area (Å²) in [6, 6.07) is 11.8. The maximum atomic E-state index is 3.75.